The van der Waals surface area contributed by atoms with Gasteiger partial charge < -0.3 is 20.5 Å². The summed E-state index contributed by atoms with van der Waals surface area (Å²) in [6.07, 6.45) is 2.98. The Morgan fingerprint density at radius 1 is 1.24 bits per heavy atom. The van der Waals surface area contributed by atoms with E-state index in [1.54, 1.807) is 43.5 Å². The van der Waals surface area contributed by atoms with Gasteiger partial charge in [-0.15, -0.1) is 11.3 Å². The summed E-state index contributed by atoms with van der Waals surface area (Å²) < 4.78 is 4.92. The second-order valence-corrected chi connectivity index (χ2v) is 9.79. The molecule has 37 heavy (non-hydrogen) atoms. The Morgan fingerprint density at radius 2 is 2.00 bits per heavy atom. The number of methoxy groups -OCH3 is 1. The minimum atomic E-state index is -1.10. The van der Waals surface area contributed by atoms with Crippen LogP contribution in [0, 0.1) is 13.8 Å². The molecule has 10 nitrogen and oxygen atoms in total. The molecule has 0 bridgehead atoms. The van der Waals surface area contributed by atoms with Gasteiger partial charge in [-0.25, -0.2) is 14.8 Å². The van der Waals surface area contributed by atoms with E-state index in [4.69, 9.17) is 4.74 Å². The van der Waals surface area contributed by atoms with Crippen LogP contribution in [-0.4, -0.2) is 59.1 Å². The maximum Gasteiger partial charge on any atom is 0.330 e. The Kier molecular flexibility index (Phi) is 8.02. The lowest BCUT2D eigenvalue weighted by Gasteiger charge is -2.29. The molecule has 1 aliphatic carbocycles. The maximum atomic E-state index is 12.6. The number of nitrogens with one attached hydrogen (secondary N) is 2. The Hall–Kier alpha value is -3.99. The number of phenols is 1. The van der Waals surface area contributed by atoms with Gasteiger partial charge in [0.15, 0.2) is 6.04 Å². The van der Waals surface area contributed by atoms with E-state index < -0.39 is 12.0 Å². The maximum absolute atomic E-state index is 12.6. The smallest absolute Gasteiger partial charge is 0.330 e. The zero-order valence-corrected chi connectivity index (χ0v) is 21.7. The molecule has 0 spiro atoms. The van der Waals surface area contributed by atoms with Crippen molar-refractivity contribution in [3.05, 3.63) is 63.1 Å². The molecule has 2 atom stereocenters. The van der Waals surface area contributed by atoms with Crippen LogP contribution >= 0.6 is 11.3 Å². The molecule has 0 fully saturated rings. The number of rotatable bonds is 9. The van der Waals surface area contributed by atoms with Crippen molar-refractivity contribution < 1.29 is 24.2 Å². The van der Waals surface area contributed by atoms with Crippen molar-refractivity contribution in [3.8, 4) is 5.75 Å². The first-order valence-electron chi connectivity index (χ1n) is 11.9. The summed E-state index contributed by atoms with van der Waals surface area (Å²) in [5, 5.41) is 17.6. The van der Waals surface area contributed by atoms with Gasteiger partial charge in [0.25, 0.3) is 5.91 Å². The number of carbonyl (C=O) groups excluding carboxylic acids is 3. The average molecular weight is 524 g/mol. The second-order valence-electron chi connectivity index (χ2n) is 8.84. The lowest BCUT2D eigenvalue weighted by Crippen LogP contribution is -2.49. The van der Waals surface area contributed by atoms with Crippen LogP contribution in [0.2, 0.25) is 0 Å². The van der Waals surface area contributed by atoms with Crippen LogP contribution in [0.3, 0.4) is 0 Å². The molecule has 2 amide bonds. The Morgan fingerprint density at radius 3 is 2.65 bits per heavy atom. The van der Waals surface area contributed by atoms with Crippen molar-refractivity contribution in [2.45, 2.75) is 45.2 Å². The minimum Gasteiger partial charge on any atom is -0.508 e. The summed E-state index contributed by atoms with van der Waals surface area (Å²) in [6.45, 7) is 3.34. The quantitative estimate of drug-likeness (QED) is 0.288. The van der Waals surface area contributed by atoms with E-state index in [0.717, 1.165) is 24.8 Å². The van der Waals surface area contributed by atoms with Crippen LogP contribution < -0.4 is 15.5 Å². The molecule has 194 valence electrons. The van der Waals surface area contributed by atoms with E-state index in [0.29, 0.717) is 34.3 Å². The standard InChI is InChI=1S/C26H29N5O5S/c1-15-23(31(14-32)21(25(35)36-3)13-27-24(34)22-5-4-10-37-22)16(2)29-26(28-15)30-19-8-6-18-12-20(33)9-7-17(18)11-19/h4-5,7,9-10,12,14,19,21,33H,6,8,11,13H2,1-3H3,(H,27,34)(H,28,29,30). The van der Waals surface area contributed by atoms with Crippen LogP contribution in [0.4, 0.5) is 11.6 Å². The Balaban J connectivity index is 1.52. The molecule has 2 heterocycles. The predicted octanol–water partition coefficient (Wildman–Crippen LogP) is 2.76. The number of thiophene rings is 1. The molecule has 1 aromatic carbocycles. The van der Waals surface area contributed by atoms with Gasteiger partial charge in [-0.1, -0.05) is 12.1 Å². The molecule has 2 unspecified atom stereocenters. The Bertz CT molecular complexity index is 1270. The van der Waals surface area contributed by atoms with Crippen molar-refractivity contribution in [2.24, 2.45) is 0 Å². The number of hydrogen-bond acceptors (Lipinski definition) is 9. The normalized spacial score (nSPS) is 15.3. The van der Waals surface area contributed by atoms with Crippen LogP contribution in [0.25, 0.3) is 0 Å². The molecule has 0 saturated carbocycles. The Labute approximate surface area is 218 Å². The van der Waals surface area contributed by atoms with Crippen LogP contribution in [-0.2, 0) is 27.2 Å². The van der Waals surface area contributed by atoms with Crippen molar-refractivity contribution in [2.75, 3.05) is 23.9 Å². The lowest BCUT2D eigenvalue weighted by atomic mass is 9.88. The first-order chi connectivity index (χ1) is 17.8. The number of aromatic hydroxyl groups is 1. The van der Waals surface area contributed by atoms with E-state index in [2.05, 4.69) is 20.6 Å². The topological polar surface area (TPSA) is 134 Å². The summed E-state index contributed by atoms with van der Waals surface area (Å²) in [5.74, 6) is -0.321. The first kappa shape index (κ1) is 26.1. The fourth-order valence-electron chi connectivity index (χ4n) is 4.59. The van der Waals surface area contributed by atoms with Gasteiger partial charge in [0.1, 0.15) is 5.75 Å². The first-order valence-corrected chi connectivity index (χ1v) is 12.7. The number of hydrogen-bond donors (Lipinski definition) is 3. The van der Waals surface area contributed by atoms with E-state index in [-0.39, 0.29) is 24.2 Å². The molecule has 1 aliphatic rings. The zero-order valence-electron chi connectivity index (χ0n) is 20.9. The van der Waals surface area contributed by atoms with Gasteiger partial charge in [0.05, 0.1) is 29.1 Å². The fraction of sp³-hybridized carbons (Fsp3) is 0.346. The zero-order chi connectivity index (χ0) is 26.5. The highest BCUT2D eigenvalue weighted by Gasteiger charge is 2.31. The molecule has 4 rings (SSSR count). The summed E-state index contributed by atoms with van der Waals surface area (Å²) in [5.41, 5.74) is 3.70. The number of anilines is 2. The molecule has 2 aromatic heterocycles. The van der Waals surface area contributed by atoms with Crippen molar-refractivity contribution in [1.82, 2.24) is 15.3 Å². The molecule has 11 heteroatoms. The number of carbonyl (C=O) groups is 3. The van der Waals surface area contributed by atoms with Crippen molar-refractivity contribution in [1.29, 1.82) is 0 Å². The highest BCUT2D eigenvalue weighted by molar-refractivity contribution is 7.12. The van der Waals surface area contributed by atoms with E-state index in [9.17, 15) is 19.5 Å². The highest BCUT2D eigenvalue weighted by Crippen LogP contribution is 2.28. The van der Waals surface area contributed by atoms with Gasteiger partial charge in [-0.3, -0.25) is 14.5 Å². The van der Waals surface area contributed by atoms with Gasteiger partial charge in [0, 0.05) is 12.6 Å². The third-order valence-corrected chi connectivity index (χ3v) is 7.23. The number of nitrogens with zero attached hydrogens (tertiary/aromatic N) is 3. The third-order valence-electron chi connectivity index (χ3n) is 6.37. The summed E-state index contributed by atoms with van der Waals surface area (Å²) in [7, 11) is 1.23. The number of ether oxygens (including phenoxy) is 1. The molecule has 3 N–H and O–H groups in total. The highest BCUT2D eigenvalue weighted by atomic mass is 32.1. The number of amides is 2. The van der Waals surface area contributed by atoms with Crippen molar-refractivity contribution >= 4 is 41.3 Å². The second kappa shape index (κ2) is 11.4. The SMILES string of the molecule is COC(=O)C(CNC(=O)c1cccs1)N(C=O)c1c(C)nc(NC2CCc3cc(O)ccc3C2)nc1C. The number of benzene rings is 1. The monoisotopic (exact) mass is 523 g/mol. The van der Waals surface area contributed by atoms with Gasteiger partial charge in [-0.2, -0.15) is 0 Å². The number of aromatic nitrogens is 2. The van der Waals surface area contributed by atoms with E-state index in [1.165, 1.54) is 28.9 Å². The summed E-state index contributed by atoms with van der Waals surface area (Å²) in [4.78, 5) is 48.1. The number of phenolic OH excluding ortho intramolecular Hbond substituents is 1. The molecule has 0 radical (unpaired) electrons. The van der Waals surface area contributed by atoms with Crippen LogP contribution in [0.1, 0.15) is 38.6 Å². The lowest BCUT2D eigenvalue weighted by molar-refractivity contribution is -0.142. The van der Waals surface area contributed by atoms with Crippen LogP contribution in [0.15, 0.2) is 35.7 Å². The molecular weight excluding hydrogens is 494 g/mol. The molecule has 0 saturated heterocycles. The third kappa shape index (κ3) is 5.88. The number of fused-ring (bicyclic) bond motifs is 1. The largest absolute Gasteiger partial charge is 0.508 e. The average Bonchev–Trinajstić information content (AvgIpc) is 3.42. The van der Waals surface area contributed by atoms with Crippen LogP contribution in [0.5, 0.6) is 5.75 Å². The molecule has 0 aliphatic heterocycles. The van der Waals surface area contributed by atoms with Gasteiger partial charge in [0.2, 0.25) is 12.4 Å². The summed E-state index contributed by atoms with van der Waals surface area (Å²) in [6, 6.07) is 7.87. The predicted molar refractivity (Wildman–Crippen MR) is 140 cm³/mol. The van der Waals surface area contributed by atoms with Gasteiger partial charge in [-0.05, 0) is 67.8 Å². The number of aryl methyl sites for hydroxylation is 3. The van der Waals surface area contributed by atoms with Gasteiger partial charge >= 0.3 is 5.97 Å². The van der Waals surface area contributed by atoms with Crippen molar-refractivity contribution in [3.63, 3.8) is 0 Å². The van der Waals surface area contributed by atoms with E-state index in [1.807, 2.05) is 6.07 Å². The molecular formula is C26H29N5O5S. The number of esters is 1. The summed E-state index contributed by atoms with van der Waals surface area (Å²) >= 11 is 1.28. The van der Waals surface area contributed by atoms with E-state index >= 15 is 0 Å². The minimum absolute atomic E-state index is 0.110. The fourth-order valence-corrected chi connectivity index (χ4v) is 5.23. The molecule has 3 aromatic rings.